The van der Waals surface area contributed by atoms with Crippen LogP contribution in [-0.2, 0) is 46.4 Å². The van der Waals surface area contributed by atoms with Gasteiger partial charge in [-0.15, -0.1) is 0 Å². The molecule has 1 aromatic carbocycles. The summed E-state index contributed by atoms with van der Waals surface area (Å²) in [6, 6.07) is 7.06. The third-order valence-corrected chi connectivity index (χ3v) is 5.46. The number of Topliss-reactive ketones (excluding diaryl/α,β-unsaturated/α-hetero) is 3. The highest BCUT2D eigenvalue weighted by Crippen LogP contribution is 2.25. The molecule has 0 aliphatic heterocycles. The second-order valence-electron chi connectivity index (χ2n) is 8.58. The summed E-state index contributed by atoms with van der Waals surface area (Å²) < 4.78 is 16.4. The summed E-state index contributed by atoms with van der Waals surface area (Å²) in [5, 5.41) is 9.07. The van der Waals surface area contributed by atoms with Crippen molar-refractivity contribution >= 4 is 23.3 Å². The fourth-order valence-electron chi connectivity index (χ4n) is 3.44. The summed E-state index contributed by atoms with van der Waals surface area (Å²) in [7, 11) is 0. The van der Waals surface area contributed by atoms with Crippen molar-refractivity contribution in [1.82, 2.24) is 0 Å². The third-order valence-electron chi connectivity index (χ3n) is 5.46. The van der Waals surface area contributed by atoms with E-state index in [0.717, 1.165) is 11.1 Å². The molecule has 196 valence electrons. The first kappa shape index (κ1) is 30.6. The number of carbonyl (C=O) groups excluding carboxylic acids is 4. The number of nitrogens with two attached hydrogens (primary N) is 1. The van der Waals surface area contributed by atoms with Gasteiger partial charge in [-0.1, -0.05) is 24.3 Å². The van der Waals surface area contributed by atoms with Crippen LogP contribution in [0.1, 0.15) is 57.1 Å². The molecular formula is C26H39NO8. The number of carbonyl (C=O) groups is 4. The molecule has 0 radical (unpaired) electrons. The highest BCUT2D eigenvalue weighted by atomic mass is 16.5. The molecule has 0 bridgehead atoms. The summed E-state index contributed by atoms with van der Waals surface area (Å²) in [6.07, 6.45) is 0.292. The minimum atomic E-state index is -0.843. The monoisotopic (exact) mass is 493 g/mol. The fraction of sp³-hybridized carbons (Fsp3) is 0.615. The maximum absolute atomic E-state index is 12.3. The Morgan fingerprint density at radius 3 is 1.89 bits per heavy atom. The number of aliphatic hydroxyl groups excluding tert-OH is 1. The molecule has 0 saturated heterocycles. The highest BCUT2D eigenvalue weighted by molar-refractivity contribution is 5.88. The zero-order valence-electron chi connectivity index (χ0n) is 20.9. The molecule has 0 spiro atoms. The predicted octanol–water partition coefficient (Wildman–Crippen LogP) is 1.94. The molecule has 1 aromatic rings. The molecule has 35 heavy (non-hydrogen) atoms. The number of ketones is 3. The second kappa shape index (κ2) is 17.0. The molecule has 0 amide bonds. The highest BCUT2D eigenvalue weighted by Gasteiger charge is 2.35. The summed E-state index contributed by atoms with van der Waals surface area (Å²) in [6.45, 7) is 4.58. The molecule has 0 aromatic heterocycles. The van der Waals surface area contributed by atoms with E-state index in [0.29, 0.717) is 13.2 Å². The maximum Gasteiger partial charge on any atom is 0.306 e. The van der Waals surface area contributed by atoms with E-state index in [1.807, 2.05) is 13.8 Å². The first-order valence-corrected chi connectivity index (χ1v) is 12.0. The van der Waals surface area contributed by atoms with Gasteiger partial charge in [-0.2, -0.15) is 0 Å². The SMILES string of the molecule is CCOCC(COCC)(COC(=O)CCC(=O)CCC(=O)Cc1ccc(CO)cc1)CC(=O)CN. The first-order valence-electron chi connectivity index (χ1n) is 12.0. The van der Waals surface area contributed by atoms with Crippen LogP contribution in [0.15, 0.2) is 24.3 Å². The molecule has 9 nitrogen and oxygen atoms in total. The van der Waals surface area contributed by atoms with Crippen molar-refractivity contribution < 1.29 is 38.5 Å². The van der Waals surface area contributed by atoms with E-state index >= 15 is 0 Å². The Kier molecular flexibility index (Phi) is 14.9. The van der Waals surface area contributed by atoms with E-state index in [4.69, 9.17) is 25.1 Å². The first-order chi connectivity index (χ1) is 16.8. The molecule has 0 fully saturated rings. The van der Waals surface area contributed by atoms with Gasteiger partial charge in [-0.3, -0.25) is 19.2 Å². The zero-order valence-corrected chi connectivity index (χ0v) is 20.9. The standard InChI is InChI=1S/C26H39NO8/c1-3-33-17-26(18-34-4-2,14-24(31)15-27)19-35-25(32)12-11-22(29)9-10-23(30)13-20-5-7-21(16-28)8-6-20/h5-8,28H,3-4,9-19,27H2,1-2H3. The van der Waals surface area contributed by atoms with Gasteiger partial charge in [0.2, 0.25) is 0 Å². The molecule has 9 heteroatoms. The van der Waals surface area contributed by atoms with Crippen LogP contribution in [0.5, 0.6) is 0 Å². The number of aliphatic hydroxyl groups is 1. The van der Waals surface area contributed by atoms with Gasteiger partial charge in [0.1, 0.15) is 24.0 Å². The Morgan fingerprint density at radius 2 is 1.34 bits per heavy atom. The number of ether oxygens (including phenoxy) is 3. The largest absolute Gasteiger partial charge is 0.465 e. The average Bonchev–Trinajstić information content (AvgIpc) is 2.87. The molecule has 0 aliphatic rings. The van der Waals surface area contributed by atoms with Crippen molar-refractivity contribution in [3.63, 3.8) is 0 Å². The molecule has 0 heterocycles. The van der Waals surface area contributed by atoms with Crippen LogP contribution < -0.4 is 5.73 Å². The van der Waals surface area contributed by atoms with E-state index < -0.39 is 11.4 Å². The number of benzene rings is 1. The predicted molar refractivity (Wildman–Crippen MR) is 130 cm³/mol. The van der Waals surface area contributed by atoms with Crippen LogP contribution in [-0.4, -0.2) is 68.0 Å². The van der Waals surface area contributed by atoms with Gasteiger partial charge in [0.05, 0.1) is 38.2 Å². The van der Waals surface area contributed by atoms with E-state index in [2.05, 4.69) is 0 Å². The maximum atomic E-state index is 12.3. The zero-order chi connectivity index (χ0) is 26.1. The summed E-state index contributed by atoms with van der Waals surface area (Å²) >= 11 is 0. The lowest BCUT2D eigenvalue weighted by atomic mass is 9.85. The smallest absolute Gasteiger partial charge is 0.306 e. The molecular weight excluding hydrogens is 454 g/mol. The van der Waals surface area contributed by atoms with Gasteiger partial charge >= 0.3 is 5.97 Å². The van der Waals surface area contributed by atoms with Gasteiger partial charge in [-0.05, 0) is 25.0 Å². The Hall–Kier alpha value is -2.46. The lowest BCUT2D eigenvalue weighted by molar-refractivity contribution is -0.154. The Bertz CT molecular complexity index is 798. The Labute approximate surface area is 207 Å². The average molecular weight is 494 g/mol. The minimum Gasteiger partial charge on any atom is -0.465 e. The fourth-order valence-corrected chi connectivity index (χ4v) is 3.44. The van der Waals surface area contributed by atoms with Crippen molar-refractivity contribution in [3.8, 4) is 0 Å². The van der Waals surface area contributed by atoms with E-state index in [1.54, 1.807) is 24.3 Å². The van der Waals surface area contributed by atoms with Crippen molar-refractivity contribution in [2.75, 3.05) is 39.6 Å². The van der Waals surface area contributed by atoms with Crippen LogP contribution in [0.25, 0.3) is 0 Å². The molecule has 0 unspecified atom stereocenters. The van der Waals surface area contributed by atoms with E-state index in [-0.39, 0.29) is 88.8 Å². The van der Waals surface area contributed by atoms with Crippen molar-refractivity contribution in [1.29, 1.82) is 0 Å². The van der Waals surface area contributed by atoms with E-state index in [1.165, 1.54) is 0 Å². The van der Waals surface area contributed by atoms with Crippen LogP contribution in [0, 0.1) is 5.41 Å². The van der Waals surface area contributed by atoms with Crippen molar-refractivity contribution in [3.05, 3.63) is 35.4 Å². The summed E-state index contributed by atoms with van der Waals surface area (Å²) in [5.41, 5.74) is 6.21. The quantitative estimate of drug-likeness (QED) is 0.261. The van der Waals surface area contributed by atoms with Gasteiger partial charge in [0.25, 0.3) is 0 Å². The number of rotatable bonds is 20. The molecule has 0 aliphatic carbocycles. The van der Waals surface area contributed by atoms with Crippen molar-refractivity contribution in [2.45, 2.75) is 59.0 Å². The van der Waals surface area contributed by atoms with Gasteiger partial charge in [-0.25, -0.2) is 0 Å². The number of esters is 1. The Morgan fingerprint density at radius 1 is 0.800 bits per heavy atom. The number of hydrogen-bond acceptors (Lipinski definition) is 9. The third kappa shape index (κ3) is 12.7. The second-order valence-corrected chi connectivity index (χ2v) is 8.58. The molecule has 0 atom stereocenters. The topological polar surface area (TPSA) is 142 Å². The molecule has 0 saturated carbocycles. The van der Waals surface area contributed by atoms with Crippen LogP contribution in [0.3, 0.4) is 0 Å². The summed E-state index contributed by atoms with van der Waals surface area (Å²) in [4.78, 5) is 48.6. The van der Waals surface area contributed by atoms with Crippen LogP contribution in [0.2, 0.25) is 0 Å². The van der Waals surface area contributed by atoms with Crippen LogP contribution >= 0.6 is 0 Å². The van der Waals surface area contributed by atoms with E-state index in [9.17, 15) is 19.2 Å². The van der Waals surface area contributed by atoms with Crippen LogP contribution in [0.4, 0.5) is 0 Å². The lowest BCUT2D eigenvalue weighted by Crippen LogP contribution is -2.41. The minimum absolute atomic E-state index is 0.0248. The summed E-state index contributed by atoms with van der Waals surface area (Å²) in [5.74, 6) is -1.02. The lowest BCUT2D eigenvalue weighted by Gasteiger charge is -2.32. The normalized spacial score (nSPS) is 11.3. The number of hydrogen-bond donors (Lipinski definition) is 2. The van der Waals surface area contributed by atoms with Gasteiger partial charge in [0.15, 0.2) is 0 Å². The molecule has 1 rings (SSSR count). The van der Waals surface area contributed by atoms with Crippen molar-refractivity contribution in [2.24, 2.45) is 11.1 Å². The molecule has 3 N–H and O–H groups in total. The van der Waals surface area contributed by atoms with Gasteiger partial charge < -0.3 is 25.1 Å². The van der Waals surface area contributed by atoms with Gasteiger partial charge in [0, 0.05) is 45.3 Å². The Balaban J connectivity index is 2.48.